The molecule has 2 atom stereocenters. The van der Waals surface area contributed by atoms with Crippen LogP contribution in [0.2, 0.25) is 0 Å². The van der Waals surface area contributed by atoms with Crippen LogP contribution in [0.15, 0.2) is 12.4 Å². The Bertz CT molecular complexity index is 507. The Balaban J connectivity index is 1.69. The van der Waals surface area contributed by atoms with Crippen molar-refractivity contribution >= 4 is 5.91 Å². The van der Waals surface area contributed by atoms with E-state index in [9.17, 15) is 4.79 Å². The number of rotatable bonds is 5. The maximum atomic E-state index is 12.7. The fourth-order valence-electron chi connectivity index (χ4n) is 3.55. The average Bonchev–Trinajstić information content (AvgIpc) is 3.10. The van der Waals surface area contributed by atoms with Crippen molar-refractivity contribution < 1.29 is 9.53 Å². The average molecular weight is 307 g/mol. The van der Waals surface area contributed by atoms with Crippen LogP contribution < -0.4 is 0 Å². The van der Waals surface area contributed by atoms with Gasteiger partial charge in [0.2, 0.25) is 5.91 Å². The van der Waals surface area contributed by atoms with Crippen LogP contribution in [0.1, 0.15) is 31.7 Å². The monoisotopic (exact) mass is 307 g/mol. The summed E-state index contributed by atoms with van der Waals surface area (Å²) in [6.45, 7) is 1.42. The van der Waals surface area contributed by atoms with Gasteiger partial charge in [0.15, 0.2) is 0 Å². The molecule has 2 aliphatic rings. The van der Waals surface area contributed by atoms with Gasteiger partial charge < -0.3 is 14.5 Å². The lowest BCUT2D eigenvalue weighted by molar-refractivity contribution is -0.143. The lowest BCUT2D eigenvalue weighted by Crippen LogP contribution is -2.45. The van der Waals surface area contributed by atoms with Crippen molar-refractivity contribution in [3.8, 4) is 0 Å². The zero-order chi connectivity index (χ0) is 15.7. The third-order valence-corrected chi connectivity index (χ3v) is 5.23. The molecule has 0 N–H and O–H groups in total. The number of amides is 1. The van der Waals surface area contributed by atoms with E-state index in [2.05, 4.69) is 15.2 Å². The Morgan fingerprint density at radius 2 is 2.18 bits per heavy atom. The van der Waals surface area contributed by atoms with Crippen LogP contribution in [0.25, 0.3) is 0 Å². The lowest BCUT2D eigenvalue weighted by atomic mass is 9.77. The zero-order valence-electron chi connectivity index (χ0n) is 13.6. The first-order chi connectivity index (χ1) is 10.5. The molecular weight excluding hydrogens is 282 g/mol. The van der Waals surface area contributed by atoms with Crippen LogP contribution in [0.3, 0.4) is 0 Å². The maximum Gasteiger partial charge on any atom is 0.225 e. The third kappa shape index (κ3) is 2.75. The van der Waals surface area contributed by atoms with Crippen LogP contribution in [0, 0.1) is 0 Å². The van der Waals surface area contributed by atoms with Gasteiger partial charge in [0, 0.05) is 26.4 Å². The van der Waals surface area contributed by atoms with Crippen molar-refractivity contribution in [1.29, 1.82) is 0 Å². The topological polar surface area (TPSA) is 63.5 Å². The molecule has 7 nitrogen and oxygen atoms in total. The van der Waals surface area contributed by atoms with Crippen LogP contribution in [0.5, 0.6) is 0 Å². The molecule has 0 bridgehead atoms. The molecule has 122 valence electrons. The molecule has 0 radical (unpaired) electrons. The predicted octanol–water partition coefficient (Wildman–Crippen LogP) is 0.551. The summed E-state index contributed by atoms with van der Waals surface area (Å²) in [5.41, 5.74) is -0.212. The van der Waals surface area contributed by atoms with Gasteiger partial charge in [-0.25, -0.2) is 4.68 Å². The fraction of sp³-hybridized carbons (Fsp3) is 0.800. The first kappa shape index (κ1) is 15.4. The van der Waals surface area contributed by atoms with E-state index in [1.54, 1.807) is 13.3 Å². The van der Waals surface area contributed by atoms with E-state index in [0.717, 1.165) is 25.8 Å². The predicted molar refractivity (Wildman–Crippen MR) is 81.3 cm³/mol. The second kappa shape index (κ2) is 5.96. The van der Waals surface area contributed by atoms with Crippen LogP contribution in [0.4, 0.5) is 0 Å². The molecule has 1 amide bonds. The van der Waals surface area contributed by atoms with Gasteiger partial charge in [0.05, 0.1) is 30.3 Å². The molecule has 7 heteroatoms. The largest absolute Gasteiger partial charge is 0.378 e. The second-order valence-electron chi connectivity index (χ2n) is 6.70. The highest BCUT2D eigenvalue weighted by Gasteiger charge is 2.43. The number of methoxy groups -OCH3 is 1. The number of likely N-dealkylation sites (tertiary alicyclic amines) is 1. The van der Waals surface area contributed by atoms with Crippen molar-refractivity contribution in [2.75, 3.05) is 34.3 Å². The van der Waals surface area contributed by atoms with E-state index in [4.69, 9.17) is 4.74 Å². The standard InChI is InChI=1S/C15H25N5O2/c1-18(2)12-10-19(11-13(12)20-8-7-16-17-20)14(21)9-15(22-3)5-4-6-15/h7-8,12-13H,4-6,9-11H2,1-3H3/t12-,13+/m1/s1. The molecule has 1 saturated heterocycles. The molecule has 1 aliphatic heterocycles. The van der Waals surface area contributed by atoms with Crippen molar-refractivity contribution in [3.63, 3.8) is 0 Å². The summed E-state index contributed by atoms with van der Waals surface area (Å²) in [6.07, 6.45) is 7.19. The van der Waals surface area contributed by atoms with Crippen molar-refractivity contribution in [2.45, 2.75) is 43.4 Å². The Labute approximate surface area is 131 Å². The Morgan fingerprint density at radius 1 is 1.41 bits per heavy atom. The number of likely N-dealkylation sites (N-methyl/N-ethyl adjacent to an activating group) is 1. The third-order valence-electron chi connectivity index (χ3n) is 5.23. The molecule has 1 saturated carbocycles. The van der Waals surface area contributed by atoms with Crippen LogP contribution in [-0.4, -0.2) is 76.6 Å². The van der Waals surface area contributed by atoms with Gasteiger partial charge in [-0.15, -0.1) is 5.10 Å². The van der Waals surface area contributed by atoms with Gasteiger partial charge in [0.1, 0.15) is 0 Å². The number of nitrogens with zero attached hydrogens (tertiary/aromatic N) is 5. The van der Waals surface area contributed by atoms with Gasteiger partial charge in [-0.05, 0) is 33.4 Å². The Hall–Kier alpha value is -1.47. The van der Waals surface area contributed by atoms with E-state index < -0.39 is 0 Å². The quantitative estimate of drug-likeness (QED) is 0.795. The number of ether oxygens (including phenoxy) is 1. The van der Waals surface area contributed by atoms with Gasteiger partial charge in [-0.3, -0.25) is 4.79 Å². The number of hydrogen-bond donors (Lipinski definition) is 0. The van der Waals surface area contributed by atoms with Crippen molar-refractivity contribution in [2.24, 2.45) is 0 Å². The molecule has 1 aromatic rings. The number of carbonyl (C=O) groups excluding carboxylic acids is 1. The highest BCUT2D eigenvalue weighted by molar-refractivity contribution is 5.78. The zero-order valence-corrected chi connectivity index (χ0v) is 13.6. The normalized spacial score (nSPS) is 27.2. The summed E-state index contributed by atoms with van der Waals surface area (Å²) in [5, 5.41) is 8.02. The summed E-state index contributed by atoms with van der Waals surface area (Å²) in [4.78, 5) is 16.8. The minimum Gasteiger partial charge on any atom is -0.378 e. The summed E-state index contributed by atoms with van der Waals surface area (Å²) in [7, 11) is 5.81. The number of hydrogen-bond acceptors (Lipinski definition) is 5. The fourth-order valence-corrected chi connectivity index (χ4v) is 3.55. The molecule has 2 fully saturated rings. The lowest BCUT2D eigenvalue weighted by Gasteiger charge is -2.40. The summed E-state index contributed by atoms with van der Waals surface area (Å²) in [5.74, 6) is 0.191. The van der Waals surface area contributed by atoms with Crippen LogP contribution in [-0.2, 0) is 9.53 Å². The molecule has 22 heavy (non-hydrogen) atoms. The minimum absolute atomic E-state index is 0.154. The maximum absolute atomic E-state index is 12.7. The van der Waals surface area contributed by atoms with E-state index in [1.165, 1.54) is 0 Å². The van der Waals surface area contributed by atoms with Gasteiger partial charge >= 0.3 is 0 Å². The molecule has 0 aromatic carbocycles. The van der Waals surface area contributed by atoms with E-state index >= 15 is 0 Å². The minimum atomic E-state index is -0.212. The van der Waals surface area contributed by atoms with Gasteiger partial charge in [-0.2, -0.15) is 0 Å². The van der Waals surface area contributed by atoms with Crippen molar-refractivity contribution in [1.82, 2.24) is 24.8 Å². The first-order valence-corrected chi connectivity index (χ1v) is 7.90. The highest BCUT2D eigenvalue weighted by atomic mass is 16.5. The molecule has 0 unspecified atom stereocenters. The highest BCUT2D eigenvalue weighted by Crippen LogP contribution is 2.39. The summed E-state index contributed by atoms with van der Waals surface area (Å²) in [6, 6.07) is 0.409. The van der Waals surface area contributed by atoms with E-state index in [1.807, 2.05) is 29.9 Å². The number of aromatic nitrogens is 3. The Kier molecular flexibility index (Phi) is 4.18. The van der Waals surface area contributed by atoms with Gasteiger partial charge in [0.25, 0.3) is 0 Å². The van der Waals surface area contributed by atoms with Crippen molar-refractivity contribution in [3.05, 3.63) is 12.4 Å². The van der Waals surface area contributed by atoms with Crippen LogP contribution >= 0.6 is 0 Å². The molecule has 3 rings (SSSR count). The Morgan fingerprint density at radius 3 is 2.68 bits per heavy atom. The molecule has 1 aliphatic carbocycles. The smallest absolute Gasteiger partial charge is 0.225 e. The SMILES string of the molecule is COC1(CC(=O)N2C[C@@H](N(C)C)[C@@H](n3ccnn3)C2)CCC1. The molecular formula is C15H25N5O2. The molecule has 2 heterocycles. The van der Waals surface area contributed by atoms with E-state index in [0.29, 0.717) is 13.0 Å². The summed E-state index contributed by atoms with van der Waals surface area (Å²) < 4.78 is 7.46. The molecule has 1 aromatic heterocycles. The molecule has 0 spiro atoms. The van der Waals surface area contributed by atoms with Gasteiger partial charge in [-0.1, -0.05) is 5.21 Å². The summed E-state index contributed by atoms with van der Waals surface area (Å²) >= 11 is 0. The van der Waals surface area contributed by atoms with E-state index in [-0.39, 0.29) is 23.6 Å². The number of carbonyl (C=O) groups is 1. The first-order valence-electron chi connectivity index (χ1n) is 7.90. The second-order valence-corrected chi connectivity index (χ2v) is 6.70.